The Kier molecular flexibility index (Phi) is 4.52. The van der Waals surface area contributed by atoms with Gasteiger partial charge in [-0.3, -0.25) is 0 Å². The van der Waals surface area contributed by atoms with E-state index < -0.39 is 5.97 Å². The van der Waals surface area contributed by atoms with E-state index in [-0.39, 0.29) is 17.2 Å². The fraction of sp³-hybridized carbons (Fsp3) is 0.174. The number of phenols is 1. The highest BCUT2D eigenvalue weighted by Crippen LogP contribution is 2.47. The van der Waals surface area contributed by atoms with Gasteiger partial charge in [0.1, 0.15) is 11.3 Å². The number of methoxy groups -OCH3 is 1. The van der Waals surface area contributed by atoms with Crippen molar-refractivity contribution >= 4 is 21.9 Å². The van der Waals surface area contributed by atoms with Crippen molar-refractivity contribution in [3.8, 4) is 16.9 Å². The molecule has 0 saturated carbocycles. The van der Waals surface area contributed by atoms with Crippen LogP contribution < -0.4 is 0 Å². The molecule has 0 amide bonds. The Labute approximate surface area is 166 Å². The predicted octanol–water partition coefficient (Wildman–Crippen LogP) is 5.60. The molecule has 0 radical (unpaired) electrons. The number of esters is 1. The van der Waals surface area contributed by atoms with Gasteiger partial charge in [-0.05, 0) is 59.4 Å². The molecule has 1 unspecified atom stereocenters. The summed E-state index contributed by atoms with van der Waals surface area (Å²) in [6, 6.07) is 18.1. The highest BCUT2D eigenvalue weighted by molar-refractivity contribution is 9.10. The molecule has 3 aromatic carbocycles. The van der Waals surface area contributed by atoms with Crippen LogP contribution in [-0.4, -0.2) is 18.2 Å². The number of halogens is 1. The van der Waals surface area contributed by atoms with Crippen LogP contribution in [0.5, 0.6) is 5.75 Å². The van der Waals surface area contributed by atoms with E-state index in [1.165, 1.54) is 12.7 Å². The molecule has 27 heavy (non-hydrogen) atoms. The normalized spacial score (nSPS) is 15.0. The lowest BCUT2D eigenvalue weighted by atomic mass is 9.73. The molecular weight excluding hydrogens is 404 g/mol. The van der Waals surface area contributed by atoms with Crippen molar-refractivity contribution < 1.29 is 14.6 Å². The zero-order valence-corrected chi connectivity index (χ0v) is 16.7. The number of carbonyl (C=O) groups excluding carboxylic acids is 1. The van der Waals surface area contributed by atoms with Crippen LogP contribution in [0.1, 0.15) is 38.5 Å². The third-order valence-corrected chi connectivity index (χ3v) is 5.84. The van der Waals surface area contributed by atoms with Crippen molar-refractivity contribution in [2.75, 3.05) is 7.11 Å². The van der Waals surface area contributed by atoms with Crippen LogP contribution in [0.3, 0.4) is 0 Å². The molecule has 3 nitrogen and oxygen atoms in total. The number of hydrogen-bond acceptors (Lipinski definition) is 3. The molecular formula is C23H19BrO3. The van der Waals surface area contributed by atoms with Crippen molar-refractivity contribution in [1.29, 1.82) is 0 Å². The third-order valence-electron chi connectivity index (χ3n) is 5.31. The number of aryl methyl sites for hydroxylation is 1. The molecule has 4 rings (SSSR count). The molecule has 3 aromatic rings. The molecule has 1 aliphatic carbocycles. The van der Waals surface area contributed by atoms with Crippen LogP contribution in [0, 0.1) is 6.92 Å². The smallest absolute Gasteiger partial charge is 0.342 e. The van der Waals surface area contributed by atoms with E-state index in [0.29, 0.717) is 0 Å². The zero-order chi connectivity index (χ0) is 19.1. The van der Waals surface area contributed by atoms with Gasteiger partial charge in [0, 0.05) is 16.0 Å². The average Bonchev–Trinajstić information content (AvgIpc) is 2.68. The lowest BCUT2D eigenvalue weighted by Crippen LogP contribution is -2.17. The van der Waals surface area contributed by atoms with Crippen LogP contribution in [-0.2, 0) is 11.2 Å². The second kappa shape index (κ2) is 6.86. The fourth-order valence-electron chi connectivity index (χ4n) is 4.04. The summed E-state index contributed by atoms with van der Waals surface area (Å²) in [6.07, 6.45) is 0.768. The quantitative estimate of drug-likeness (QED) is 0.546. The van der Waals surface area contributed by atoms with Gasteiger partial charge >= 0.3 is 5.97 Å². The van der Waals surface area contributed by atoms with Gasteiger partial charge in [0.25, 0.3) is 0 Å². The minimum Gasteiger partial charge on any atom is -0.507 e. The van der Waals surface area contributed by atoms with E-state index in [9.17, 15) is 9.90 Å². The SMILES string of the molecule is COC(=O)c1c(O)cc(C)c2c1-c1ccccc1C(c1ccc(Br)cc1)C2. The van der Waals surface area contributed by atoms with E-state index >= 15 is 0 Å². The monoisotopic (exact) mass is 422 g/mol. The van der Waals surface area contributed by atoms with Gasteiger partial charge in [0.15, 0.2) is 0 Å². The maximum atomic E-state index is 12.4. The van der Waals surface area contributed by atoms with Gasteiger partial charge in [0.05, 0.1) is 7.11 Å². The Balaban J connectivity index is 1.99. The van der Waals surface area contributed by atoms with E-state index in [1.807, 2.05) is 25.1 Å². The molecule has 0 aliphatic heterocycles. The first-order valence-corrected chi connectivity index (χ1v) is 9.59. The molecule has 136 valence electrons. The predicted molar refractivity (Wildman–Crippen MR) is 109 cm³/mol. The molecule has 4 heteroatoms. The Morgan fingerprint density at radius 2 is 1.85 bits per heavy atom. The maximum absolute atomic E-state index is 12.4. The van der Waals surface area contributed by atoms with Gasteiger partial charge < -0.3 is 9.84 Å². The molecule has 1 aliphatic rings. The molecule has 0 saturated heterocycles. The first-order chi connectivity index (χ1) is 13.0. The van der Waals surface area contributed by atoms with Gasteiger partial charge in [-0.2, -0.15) is 0 Å². The molecule has 1 N–H and O–H groups in total. The Hall–Kier alpha value is -2.59. The number of fused-ring (bicyclic) bond motifs is 3. The minimum atomic E-state index is -0.513. The van der Waals surface area contributed by atoms with Crippen LogP contribution in [0.4, 0.5) is 0 Å². The number of phenolic OH excluding ortho intramolecular Hbond substituents is 1. The largest absolute Gasteiger partial charge is 0.507 e. The lowest BCUT2D eigenvalue weighted by Gasteiger charge is -2.31. The first kappa shape index (κ1) is 17.8. The number of ether oxygens (including phenoxy) is 1. The van der Waals surface area contributed by atoms with Crippen molar-refractivity contribution in [2.24, 2.45) is 0 Å². The molecule has 0 aromatic heterocycles. The Bertz CT molecular complexity index is 1040. The third kappa shape index (κ3) is 2.94. The zero-order valence-electron chi connectivity index (χ0n) is 15.1. The van der Waals surface area contributed by atoms with Gasteiger partial charge in [-0.25, -0.2) is 4.79 Å². The summed E-state index contributed by atoms with van der Waals surface area (Å²) in [5.74, 6) is -0.355. The van der Waals surface area contributed by atoms with Gasteiger partial charge in [-0.15, -0.1) is 0 Å². The summed E-state index contributed by atoms with van der Waals surface area (Å²) in [5, 5.41) is 10.5. The molecule has 1 atom stereocenters. The topological polar surface area (TPSA) is 46.5 Å². The van der Waals surface area contributed by atoms with E-state index in [4.69, 9.17) is 4.74 Å². The van der Waals surface area contributed by atoms with E-state index in [2.05, 4.69) is 46.3 Å². The van der Waals surface area contributed by atoms with E-state index in [0.717, 1.165) is 38.7 Å². The Morgan fingerprint density at radius 3 is 2.56 bits per heavy atom. The van der Waals surface area contributed by atoms with Crippen molar-refractivity contribution in [3.63, 3.8) is 0 Å². The average molecular weight is 423 g/mol. The highest BCUT2D eigenvalue weighted by Gasteiger charge is 2.32. The molecule has 0 heterocycles. The molecule has 0 fully saturated rings. The number of hydrogen-bond donors (Lipinski definition) is 1. The Morgan fingerprint density at radius 1 is 1.15 bits per heavy atom. The lowest BCUT2D eigenvalue weighted by molar-refractivity contribution is 0.0598. The minimum absolute atomic E-state index is 0.0324. The summed E-state index contributed by atoms with van der Waals surface area (Å²) < 4.78 is 6.00. The summed E-state index contributed by atoms with van der Waals surface area (Å²) in [7, 11) is 1.34. The second-order valence-corrected chi connectivity index (χ2v) is 7.74. The highest BCUT2D eigenvalue weighted by atomic mass is 79.9. The standard InChI is InChI=1S/C23H19BrO3/c1-13-11-20(25)22(23(26)27-2)21-17-6-4-3-5-16(17)19(12-18(13)21)14-7-9-15(24)10-8-14/h3-11,19,25H,12H2,1-2H3. The van der Waals surface area contributed by atoms with Crippen LogP contribution in [0.2, 0.25) is 0 Å². The molecule has 0 spiro atoms. The van der Waals surface area contributed by atoms with Crippen molar-refractivity contribution in [3.05, 3.63) is 86.9 Å². The fourth-order valence-corrected chi connectivity index (χ4v) is 4.31. The second-order valence-electron chi connectivity index (χ2n) is 6.83. The summed E-state index contributed by atoms with van der Waals surface area (Å²) in [6.45, 7) is 1.98. The van der Waals surface area contributed by atoms with E-state index in [1.54, 1.807) is 6.07 Å². The van der Waals surface area contributed by atoms with Crippen molar-refractivity contribution in [2.45, 2.75) is 19.3 Å². The first-order valence-electron chi connectivity index (χ1n) is 8.79. The summed E-state index contributed by atoms with van der Waals surface area (Å²) in [5.41, 5.74) is 6.46. The van der Waals surface area contributed by atoms with Crippen LogP contribution in [0.25, 0.3) is 11.1 Å². The number of aromatic hydroxyl groups is 1. The van der Waals surface area contributed by atoms with Crippen LogP contribution in [0.15, 0.2) is 59.1 Å². The van der Waals surface area contributed by atoms with Crippen molar-refractivity contribution in [1.82, 2.24) is 0 Å². The summed E-state index contributed by atoms with van der Waals surface area (Å²) >= 11 is 3.50. The van der Waals surface area contributed by atoms with Gasteiger partial charge in [-0.1, -0.05) is 52.3 Å². The molecule has 0 bridgehead atoms. The summed E-state index contributed by atoms with van der Waals surface area (Å²) in [4.78, 5) is 12.4. The van der Waals surface area contributed by atoms with Gasteiger partial charge in [0.2, 0.25) is 0 Å². The van der Waals surface area contributed by atoms with Crippen LogP contribution >= 0.6 is 15.9 Å². The number of benzene rings is 3. The number of rotatable bonds is 2. The number of carbonyl (C=O) groups is 1. The maximum Gasteiger partial charge on any atom is 0.342 e.